The average molecular weight is 316 g/mol. The Morgan fingerprint density at radius 1 is 1.53 bits per heavy atom. The van der Waals surface area contributed by atoms with Gasteiger partial charge in [-0.15, -0.1) is 5.10 Å². The van der Waals surface area contributed by atoms with Crippen LogP contribution in [0, 0.1) is 0 Å². The summed E-state index contributed by atoms with van der Waals surface area (Å²) in [7, 11) is 0. The van der Waals surface area contributed by atoms with Crippen molar-refractivity contribution in [3.8, 4) is 0 Å². The fourth-order valence-corrected chi connectivity index (χ4v) is 1.67. The van der Waals surface area contributed by atoms with Gasteiger partial charge in [-0.25, -0.2) is 4.68 Å². The highest BCUT2D eigenvalue weighted by molar-refractivity contribution is 9.10. The van der Waals surface area contributed by atoms with Crippen LogP contribution in [0.4, 0.5) is 5.69 Å². The molecule has 1 aromatic heterocycles. The maximum absolute atomic E-state index is 11.6. The molecular weight excluding hydrogens is 307 g/mol. The van der Waals surface area contributed by atoms with Gasteiger partial charge in [-0.1, -0.05) is 16.8 Å². The molecule has 7 heteroatoms. The molecule has 0 saturated heterocycles. The topological polar surface area (TPSA) is 59.8 Å². The van der Waals surface area contributed by atoms with E-state index in [-0.39, 0.29) is 12.5 Å². The van der Waals surface area contributed by atoms with Gasteiger partial charge in [0.05, 0.1) is 11.2 Å². The first-order chi connectivity index (χ1) is 8.15. The summed E-state index contributed by atoms with van der Waals surface area (Å²) >= 11 is 9.19. The van der Waals surface area contributed by atoms with Crippen molar-refractivity contribution in [2.24, 2.45) is 0 Å². The van der Waals surface area contributed by atoms with E-state index in [9.17, 15) is 4.79 Å². The molecule has 0 spiro atoms. The van der Waals surface area contributed by atoms with Crippen LogP contribution in [0.3, 0.4) is 0 Å². The molecule has 0 fully saturated rings. The summed E-state index contributed by atoms with van der Waals surface area (Å²) in [6.07, 6.45) is 3.14. The summed E-state index contributed by atoms with van der Waals surface area (Å²) < 4.78 is 2.23. The summed E-state index contributed by atoms with van der Waals surface area (Å²) in [5.41, 5.74) is 0.642. The van der Waals surface area contributed by atoms with Crippen molar-refractivity contribution < 1.29 is 4.79 Å². The second-order valence-corrected chi connectivity index (χ2v) is 4.54. The Hall–Kier alpha value is -1.40. The van der Waals surface area contributed by atoms with Gasteiger partial charge in [0, 0.05) is 16.4 Å². The third-order valence-electron chi connectivity index (χ3n) is 1.98. The minimum atomic E-state index is -0.186. The number of amides is 1. The number of halogens is 2. The predicted molar refractivity (Wildman–Crippen MR) is 67.8 cm³/mol. The summed E-state index contributed by atoms with van der Waals surface area (Å²) in [5.74, 6) is -0.186. The van der Waals surface area contributed by atoms with Gasteiger partial charge in [-0.05, 0) is 34.1 Å². The van der Waals surface area contributed by atoms with Gasteiger partial charge in [-0.2, -0.15) is 0 Å². The number of nitrogens with one attached hydrogen (secondary N) is 1. The molecule has 0 aliphatic carbocycles. The molecule has 17 heavy (non-hydrogen) atoms. The van der Waals surface area contributed by atoms with Gasteiger partial charge >= 0.3 is 0 Å². The van der Waals surface area contributed by atoms with E-state index in [1.165, 1.54) is 10.9 Å². The van der Waals surface area contributed by atoms with Gasteiger partial charge < -0.3 is 5.32 Å². The Morgan fingerprint density at radius 3 is 3.00 bits per heavy atom. The van der Waals surface area contributed by atoms with Crippen LogP contribution in [0.25, 0.3) is 0 Å². The van der Waals surface area contributed by atoms with E-state index in [1.54, 1.807) is 24.4 Å². The molecule has 0 aliphatic heterocycles. The minimum Gasteiger partial charge on any atom is -0.324 e. The summed E-state index contributed by atoms with van der Waals surface area (Å²) in [4.78, 5) is 11.6. The SMILES string of the molecule is O=C(Cn1ccnn1)Nc1ccc(Br)c(Cl)c1. The molecular formula is C10H8BrClN4O. The number of benzene rings is 1. The summed E-state index contributed by atoms with van der Waals surface area (Å²) in [6.45, 7) is 0.119. The zero-order valence-electron chi connectivity index (χ0n) is 8.60. The van der Waals surface area contributed by atoms with Crippen LogP contribution in [0.15, 0.2) is 35.1 Å². The van der Waals surface area contributed by atoms with Gasteiger partial charge in [0.1, 0.15) is 6.54 Å². The number of hydrogen-bond acceptors (Lipinski definition) is 3. The lowest BCUT2D eigenvalue weighted by atomic mass is 10.3. The quantitative estimate of drug-likeness (QED) is 0.945. The van der Waals surface area contributed by atoms with Gasteiger partial charge in [0.25, 0.3) is 0 Å². The maximum atomic E-state index is 11.6. The molecule has 0 atom stereocenters. The third-order valence-corrected chi connectivity index (χ3v) is 3.21. The van der Waals surface area contributed by atoms with E-state index in [1.807, 2.05) is 0 Å². The molecule has 0 radical (unpaired) electrons. The average Bonchev–Trinajstić information content (AvgIpc) is 2.76. The molecule has 1 heterocycles. The van der Waals surface area contributed by atoms with E-state index < -0.39 is 0 Å². The van der Waals surface area contributed by atoms with E-state index in [2.05, 4.69) is 31.6 Å². The maximum Gasteiger partial charge on any atom is 0.246 e. The summed E-state index contributed by atoms with van der Waals surface area (Å²) in [5, 5.41) is 10.6. The number of carbonyl (C=O) groups is 1. The predicted octanol–water partition coefficient (Wildman–Crippen LogP) is 2.33. The van der Waals surface area contributed by atoms with Gasteiger partial charge in [0.15, 0.2) is 0 Å². The Morgan fingerprint density at radius 2 is 2.35 bits per heavy atom. The number of carbonyl (C=O) groups excluding carboxylic acids is 1. The second-order valence-electron chi connectivity index (χ2n) is 3.28. The van der Waals surface area contributed by atoms with Crippen molar-refractivity contribution in [1.29, 1.82) is 0 Å². The first-order valence-corrected chi connectivity index (χ1v) is 5.91. The smallest absolute Gasteiger partial charge is 0.246 e. The fraction of sp³-hybridized carbons (Fsp3) is 0.100. The van der Waals surface area contributed by atoms with Gasteiger partial charge in [-0.3, -0.25) is 4.79 Å². The first-order valence-electron chi connectivity index (χ1n) is 4.74. The van der Waals surface area contributed by atoms with E-state index in [4.69, 9.17) is 11.6 Å². The number of rotatable bonds is 3. The van der Waals surface area contributed by atoms with E-state index in [0.29, 0.717) is 10.7 Å². The Labute approximate surface area is 111 Å². The van der Waals surface area contributed by atoms with Crippen LogP contribution in [0.1, 0.15) is 0 Å². The lowest BCUT2D eigenvalue weighted by Crippen LogP contribution is -2.19. The molecule has 1 aromatic carbocycles. The van der Waals surface area contributed by atoms with Crippen molar-refractivity contribution in [2.75, 3.05) is 5.32 Å². The zero-order chi connectivity index (χ0) is 12.3. The largest absolute Gasteiger partial charge is 0.324 e. The van der Waals surface area contributed by atoms with Crippen molar-refractivity contribution in [2.45, 2.75) is 6.54 Å². The van der Waals surface area contributed by atoms with Crippen LogP contribution in [-0.4, -0.2) is 20.9 Å². The second kappa shape index (κ2) is 5.29. The third kappa shape index (κ3) is 3.28. The summed E-state index contributed by atoms with van der Waals surface area (Å²) in [6, 6.07) is 5.20. The molecule has 88 valence electrons. The van der Waals surface area contributed by atoms with E-state index in [0.717, 1.165) is 4.47 Å². The Bertz CT molecular complexity index is 529. The van der Waals surface area contributed by atoms with Crippen molar-refractivity contribution >= 4 is 39.1 Å². The number of aromatic nitrogens is 3. The molecule has 0 aliphatic rings. The van der Waals surface area contributed by atoms with Gasteiger partial charge in [0.2, 0.25) is 5.91 Å². The Balaban J connectivity index is 2.00. The number of nitrogens with zero attached hydrogens (tertiary/aromatic N) is 3. The van der Waals surface area contributed by atoms with Crippen LogP contribution < -0.4 is 5.32 Å². The zero-order valence-corrected chi connectivity index (χ0v) is 10.9. The highest BCUT2D eigenvalue weighted by Gasteiger charge is 2.05. The molecule has 1 N–H and O–H groups in total. The highest BCUT2D eigenvalue weighted by atomic mass is 79.9. The van der Waals surface area contributed by atoms with Crippen LogP contribution >= 0.6 is 27.5 Å². The fourth-order valence-electron chi connectivity index (χ4n) is 1.24. The lowest BCUT2D eigenvalue weighted by molar-refractivity contribution is -0.116. The molecule has 0 unspecified atom stereocenters. The molecule has 1 amide bonds. The van der Waals surface area contributed by atoms with Crippen molar-refractivity contribution in [3.63, 3.8) is 0 Å². The minimum absolute atomic E-state index is 0.119. The first kappa shape index (κ1) is 12.1. The van der Waals surface area contributed by atoms with Crippen LogP contribution in [-0.2, 0) is 11.3 Å². The standard InChI is InChI=1S/C10H8BrClN4O/c11-8-2-1-7(5-9(8)12)14-10(17)6-16-4-3-13-15-16/h1-5H,6H2,(H,14,17). The number of hydrogen-bond donors (Lipinski definition) is 1. The molecule has 2 aromatic rings. The molecule has 0 bridgehead atoms. The molecule has 2 rings (SSSR count). The molecule has 5 nitrogen and oxygen atoms in total. The number of anilines is 1. The Kier molecular flexibility index (Phi) is 3.75. The monoisotopic (exact) mass is 314 g/mol. The highest BCUT2D eigenvalue weighted by Crippen LogP contribution is 2.25. The lowest BCUT2D eigenvalue weighted by Gasteiger charge is -2.06. The van der Waals surface area contributed by atoms with E-state index >= 15 is 0 Å². The van der Waals surface area contributed by atoms with Crippen molar-refractivity contribution in [1.82, 2.24) is 15.0 Å². The van der Waals surface area contributed by atoms with Crippen LogP contribution in [0.5, 0.6) is 0 Å². The van der Waals surface area contributed by atoms with Crippen molar-refractivity contribution in [3.05, 3.63) is 40.1 Å². The molecule has 0 saturated carbocycles. The van der Waals surface area contributed by atoms with Crippen LogP contribution in [0.2, 0.25) is 5.02 Å². The normalized spacial score (nSPS) is 10.2.